The van der Waals surface area contributed by atoms with Crippen LogP contribution < -0.4 is 10.6 Å². The monoisotopic (exact) mass is 279 g/mol. The Hall–Kier alpha value is -1.72. The maximum absolute atomic E-state index is 12.3. The summed E-state index contributed by atoms with van der Waals surface area (Å²) >= 11 is 0. The van der Waals surface area contributed by atoms with Crippen LogP contribution in [0.1, 0.15) is 38.3 Å². The average molecular weight is 279 g/mol. The van der Waals surface area contributed by atoms with Gasteiger partial charge in [-0.05, 0) is 18.8 Å². The maximum atomic E-state index is 12.3. The molecule has 0 radical (unpaired) electrons. The zero-order chi connectivity index (χ0) is 15.0. The number of nitrogens with two attached hydrogens (primary N) is 1. The smallest absolute Gasteiger partial charge is 0.244 e. The standard InChI is InChI=1S/C14H25N5O/c1-9(2)12-11(15)13(18(5)16-12)19-8-6-7-10(19)14(20)17(3)4/h9-10H,6-8,15H2,1-5H3. The third kappa shape index (κ3) is 2.34. The summed E-state index contributed by atoms with van der Waals surface area (Å²) in [6, 6.07) is -0.122. The van der Waals surface area contributed by atoms with Gasteiger partial charge in [-0.1, -0.05) is 13.8 Å². The fraction of sp³-hybridized carbons (Fsp3) is 0.714. The third-order valence-electron chi connectivity index (χ3n) is 3.88. The lowest BCUT2D eigenvalue weighted by molar-refractivity contribution is -0.129. The van der Waals surface area contributed by atoms with Gasteiger partial charge in [0.05, 0.1) is 11.4 Å². The molecule has 1 aromatic heterocycles. The van der Waals surface area contributed by atoms with Crippen molar-refractivity contribution in [3.05, 3.63) is 5.69 Å². The van der Waals surface area contributed by atoms with Gasteiger partial charge in [-0.15, -0.1) is 0 Å². The van der Waals surface area contributed by atoms with E-state index in [9.17, 15) is 4.79 Å². The summed E-state index contributed by atoms with van der Waals surface area (Å²) in [7, 11) is 5.49. The van der Waals surface area contributed by atoms with E-state index < -0.39 is 0 Å². The number of anilines is 2. The molecule has 2 rings (SSSR count). The molecule has 1 aliphatic heterocycles. The first-order valence-corrected chi connectivity index (χ1v) is 7.14. The number of carbonyl (C=O) groups is 1. The summed E-state index contributed by atoms with van der Waals surface area (Å²) < 4.78 is 1.81. The summed E-state index contributed by atoms with van der Waals surface area (Å²) in [6.07, 6.45) is 1.88. The molecule has 0 aliphatic carbocycles. The highest BCUT2D eigenvalue weighted by atomic mass is 16.2. The van der Waals surface area contributed by atoms with Crippen molar-refractivity contribution < 1.29 is 4.79 Å². The number of rotatable bonds is 3. The van der Waals surface area contributed by atoms with Crippen molar-refractivity contribution in [1.82, 2.24) is 14.7 Å². The number of nitrogens with zero attached hydrogens (tertiary/aromatic N) is 4. The van der Waals surface area contributed by atoms with Crippen molar-refractivity contribution in [3.63, 3.8) is 0 Å². The second-order valence-corrected chi connectivity index (χ2v) is 5.98. The van der Waals surface area contributed by atoms with Crippen LogP contribution in [0.3, 0.4) is 0 Å². The maximum Gasteiger partial charge on any atom is 0.244 e. The lowest BCUT2D eigenvalue weighted by Crippen LogP contribution is -2.43. The van der Waals surface area contributed by atoms with Crippen LogP contribution in [-0.4, -0.2) is 47.3 Å². The Morgan fingerprint density at radius 2 is 2.10 bits per heavy atom. The van der Waals surface area contributed by atoms with Crippen molar-refractivity contribution >= 4 is 17.4 Å². The molecule has 1 unspecified atom stereocenters. The first kappa shape index (κ1) is 14.7. The summed E-state index contributed by atoms with van der Waals surface area (Å²) in [5, 5.41) is 4.52. The number of aryl methyl sites for hydroxylation is 1. The molecule has 112 valence electrons. The Morgan fingerprint density at radius 3 is 2.60 bits per heavy atom. The van der Waals surface area contributed by atoms with E-state index in [1.807, 2.05) is 11.7 Å². The van der Waals surface area contributed by atoms with Crippen LogP contribution in [0, 0.1) is 0 Å². The van der Waals surface area contributed by atoms with Gasteiger partial charge in [-0.25, -0.2) is 0 Å². The van der Waals surface area contributed by atoms with Gasteiger partial charge in [0.1, 0.15) is 6.04 Å². The molecule has 1 atom stereocenters. The number of aromatic nitrogens is 2. The molecule has 1 aliphatic rings. The number of nitrogen functional groups attached to an aromatic ring is 1. The Morgan fingerprint density at radius 1 is 1.45 bits per heavy atom. The molecule has 1 fully saturated rings. The summed E-state index contributed by atoms with van der Waals surface area (Å²) in [5.74, 6) is 1.29. The molecule has 6 heteroatoms. The van der Waals surface area contributed by atoms with Crippen molar-refractivity contribution in [3.8, 4) is 0 Å². The van der Waals surface area contributed by atoms with Gasteiger partial charge in [0.2, 0.25) is 5.91 Å². The minimum Gasteiger partial charge on any atom is -0.394 e. The van der Waals surface area contributed by atoms with Crippen molar-refractivity contribution in [2.24, 2.45) is 7.05 Å². The quantitative estimate of drug-likeness (QED) is 0.902. The van der Waals surface area contributed by atoms with Crippen LogP contribution >= 0.6 is 0 Å². The largest absolute Gasteiger partial charge is 0.394 e. The Labute approximate surface area is 120 Å². The van der Waals surface area contributed by atoms with Crippen molar-refractivity contribution in [2.75, 3.05) is 31.3 Å². The topological polar surface area (TPSA) is 67.4 Å². The van der Waals surface area contributed by atoms with Crippen LogP contribution in [0.25, 0.3) is 0 Å². The van der Waals surface area contributed by atoms with Crippen LogP contribution in [0.15, 0.2) is 0 Å². The molecular formula is C14H25N5O. The molecule has 1 amide bonds. The van der Waals surface area contributed by atoms with Gasteiger partial charge >= 0.3 is 0 Å². The first-order chi connectivity index (χ1) is 9.34. The molecule has 1 aromatic rings. The molecule has 0 spiro atoms. The van der Waals surface area contributed by atoms with Crippen molar-refractivity contribution in [2.45, 2.75) is 38.6 Å². The predicted molar refractivity (Wildman–Crippen MR) is 80.8 cm³/mol. The highest BCUT2D eigenvalue weighted by molar-refractivity contribution is 5.86. The van der Waals surface area contributed by atoms with Crippen molar-refractivity contribution in [1.29, 1.82) is 0 Å². The van der Waals surface area contributed by atoms with E-state index in [1.165, 1.54) is 0 Å². The molecule has 1 saturated heterocycles. The molecule has 6 nitrogen and oxygen atoms in total. The minimum atomic E-state index is -0.122. The lowest BCUT2D eigenvalue weighted by Gasteiger charge is -2.28. The Balaban J connectivity index is 2.38. The average Bonchev–Trinajstić information content (AvgIpc) is 2.93. The number of carbonyl (C=O) groups excluding carboxylic acids is 1. The third-order valence-corrected chi connectivity index (χ3v) is 3.88. The molecule has 0 bridgehead atoms. The van der Waals surface area contributed by atoms with E-state index in [0.717, 1.165) is 30.9 Å². The normalized spacial score (nSPS) is 18.9. The second-order valence-electron chi connectivity index (χ2n) is 5.98. The van der Waals surface area contributed by atoms with E-state index >= 15 is 0 Å². The highest BCUT2D eigenvalue weighted by Gasteiger charge is 2.35. The minimum absolute atomic E-state index is 0.122. The number of hydrogen-bond acceptors (Lipinski definition) is 4. The first-order valence-electron chi connectivity index (χ1n) is 7.14. The molecule has 0 saturated carbocycles. The summed E-state index contributed by atoms with van der Waals surface area (Å²) in [6.45, 7) is 5.01. The van der Waals surface area contributed by atoms with E-state index in [1.54, 1.807) is 19.0 Å². The molecule has 0 aromatic carbocycles. The summed E-state index contributed by atoms with van der Waals surface area (Å²) in [4.78, 5) is 16.1. The molecule has 2 heterocycles. The molecular weight excluding hydrogens is 254 g/mol. The Kier molecular flexibility index (Phi) is 3.92. The van der Waals surface area contributed by atoms with Gasteiger partial charge in [-0.3, -0.25) is 9.48 Å². The number of hydrogen-bond donors (Lipinski definition) is 1. The number of amides is 1. The molecule has 2 N–H and O–H groups in total. The van der Waals surface area contributed by atoms with Crippen LogP contribution in [0.5, 0.6) is 0 Å². The zero-order valence-electron chi connectivity index (χ0n) is 13.1. The van der Waals surface area contributed by atoms with E-state index in [-0.39, 0.29) is 17.9 Å². The lowest BCUT2D eigenvalue weighted by atomic mass is 10.1. The zero-order valence-corrected chi connectivity index (χ0v) is 13.1. The van der Waals surface area contributed by atoms with Gasteiger partial charge in [0.15, 0.2) is 5.82 Å². The van der Waals surface area contributed by atoms with Crippen LogP contribution in [0.4, 0.5) is 11.5 Å². The van der Waals surface area contributed by atoms with Gasteiger partial charge < -0.3 is 15.5 Å². The Bertz CT molecular complexity index is 506. The highest BCUT2D eigenvalue weighted by Crippen LogP contribution is 2.35. The SMILES string of the molecule is CC(C)c1nn(C)c(N2CCCC2C(=O)N(C)C)c1N. The fourth-order valence-electron chi connectivity index (χ4n) is 2.89. The number of likely N-dealkylation sites (N-methyl/N-ethyl adjacent to an activating group) is 1. The fourth-order valence-corrected chi connectivity index (χ4v) is 2.89. The van der Waals surface area contributed by atoms with E-state index in [0.29, 0.717) is 5.69 Å². The van der Waals surface area contributed by atoms with Gasteiger partial charge in [0, 0.05) is 27.7 Å². The second kappa shape index (κ2) is 5.34. The predicted octanol–water partition coefficient (Wildman–Crippen LogP) is 1.18. The van der Waals surface area contributed by atoms with E-state index in [2.05, 4.69) is 23.8 Å². The van der Waals surface area contributed by atoms with E-state index in [4.69, 9.17) is 5.73 Å². The summed E-state index contributed by atoms with van der Waals surface area (Å²) in [5.41, 5.74) is 7.89. The van der Waals surface area contributed by atoms with Gasteiger partial charge in [0.25, 0.3) is 0 Å². The van der Waals surface area contributed by atoms with Crippen LogP contribution in [0.2, 0.25) is 0 Å². The van der Waals surface area contributed by atoms with Crippen LogP contribution in [-0.2, 0) is 11.8 Å². The molecule has 20 heavy (non-hydrogen) atoms. The van der Waals surface area contributed by atoms with Gasteiger partial charge in [-0.2, -0.15) is 5.10 Å².